The van der Waals surface area contributed by atoms with Crippen molar-refractivity contribution in [3.63, 3.8) is 0 Å². The fourth-order valence-corrected chi connectivity index (χ4v) is 6.18. The standard InChI is InChI=1S/C28H30N4O2S/c1-16(2)34-25-11-7-18(12-19(25)14-29)28-31-15-26(35-28)23-5-3-4-22-21(23)9-10-24(22)32-27(33)17-6-8-20(30)13-17/h3-5,7,11-12,15-17,20,24H,6,8-10,13,30H2,1-2H3,(H,32,33)/t17?,20-,24-/m0/s1. The van der Waals surface area contributed by atoms with Gasteiger partial charge in [-0.2, -0.15) is 5.26 Å². The lowest BCUT2D eigenvalue weighted by molar-refractivity contribution is -0.125. The van der Waals surface area contributed by atoms with E-state index in [1.54, 1.807) is 11.3 Å². The molecule has 0 bridgehead atoms. The first-order chi connectivity index (χ1) is 16.9. The zero-order chi connectivity index (χ0) is 24.5. The van der Waals surface area contributed by atoms with Crippen molar-refractivity contribution < 1.29 is 9.53 Å². The Balaban J connectivity index is 1.37. The third-order valence-electron chi connectivity index (χ3n) is 6.91. The maximum atomic E-state index is 12.8. The summed E-state index contributed by atoms with van der Waals surface area (Å²) in [5, 5.41) is 13.7. The Morgan fingerprint density at radius 2 is 2.11 bits per heavy atom. The fraction of sp³-hybridized carbons (Fsp3) is 0.393. The third kappa shape index (κ3) is 4.82. The van der Waals surface area contributed by atoms with Crippen LogP contribution in [0.1, 0.15) is 62.3 Å². The molecular formula is C28H30N4O2S. The molecule has 2 aromatic carbocycles. The number of hydrogen-bond acceptors (Lipinski definition) is 6. The van der Waals surface area contributed by atoms with Gasteiger partial charge in [0.2, 0.25) is 5.91 Å². The lowest BCUT2D eigenvalue weighted by Crippen LogP contribution is -2.32. The summed E-state index contributed by atoms with van der Waals surface area (Å²) in [6, 6.07) is 14.4. The quantitative estimate of drug-likeness (QED) is 0.488. The van der Waals surface area contributed by atoms with Crippen molar-refractivity contribution in [2.45, 2.75) is 64.1 Å². The second-order valence-corrected chi connectivity index (χ2v) is 10.8. The summed E-state index contributed by atoms with van der Waals surface area (Å²) in [6.07, 6.45) is 6.34. The van der Waals surface area contributed by atoms with Crippen LogP contribution in [0, 0.1) is 17.2 Å². The number of aromatic nitrogens is 1. The lowest BCUT2D eigenvalue weighted by atomic mass is 10.0. The SMILES string of the molecule is CC(C)Oc1ccc(-c2ncc(-c3cccc4c3CC[C@@H]4NC(=O)C3CC[C@H](N)C3)s2)cc1C#N. The lowest BCUT2D eigenvalue weighted by Gasteiger charge is -2.18. The van der Waals surface area contributed by atoms with Crippen LogP contribution >= 0.6 is 11.3 Å². The highest BCUT2D eigenvalue weighted by atomic mass is 32.1. The molecule has 2 aliphatic carbocycles. The van der Waals surface area contributed by atoms with Crippen molar-refractivity contribution in [1.82, 2.24) is 10.3 Å². The van der Waals surface area contributed by atoms with Gasteiger partial charge in [0.25, 0.3) is 0 Å². The van der Waals surface area contributed by atoms with Gasteiger partial charge in [-0.05, 0) is 80.8 Å². The second kappa shape index (κ2) is 9.80. The predicted octanol–water partition coefficient (Wildman–Crippen LogP) is 5.37. The molecule has 1 saturated carbocycles. The smallest absolute Gasteiger partial charge is 0.223 e. The molecule has 5 rings (SSSR count). The molecule has 3 N–H and O–H groups in total. The molecular weight excluding hydrogens is 456 g/mol. The van der Waals surface area contributed by atoms with E-state index < -0.39 is 0 Å². The molecule has 35 heavy (non-hydrogen) atoms. The molecule has 1 heterocycles. The van der Waals surface area contributed by atoms with Gasteiger partial charge in [-0.1, -0.05) is 18.2 Å². The largest absolute Gasteiger partial charge is 0.490 e. The molecule has 1 amide bonds. The summed E-state index contributed by atoms with van der Waals surface area (Å²) in [5.41, 5.74) is 11.1. The van der Waals surface area contributed by atoms with Crippen LogP contribution in [0.25, 0.3) is 21.0 Å². The molecule has 1 aromatic heterocycles. The molecule has 3 aromatic rings. The van der Waals surface area contributed by atoms with Gasteiger partial charge in [0, 0.05) is 23.7 Å². The Hall–Kier alpha value is -3.21. The van der Waals surface area contributed by atoms with E-state index >= 15 is 0 Å². The van der Waals surface area contributed by atoms with Gasteiger partial charge in [-0.3, -0.25) is 4.79 Å². The minimum atomic E-state index is 0.00365. The Kier molecular flexibility index (Phi) is 6.59. The Bertz CT molecular complexity index is 1290. The van der Waals surface area contributed by atoms with Crippen LogP contribution in [0.15, 0.2) is 42.6 Å². The molecule has 180 valence electrons. The maximum absolute atomic E-state index is 12.8. The van der Waals surface area contributed by atoms with Crippen LogP contribution < -0.4 is 15.8 Å². The number of ether oxygens (including phenoxy) is 1. The molecule has 3 atom stereocenters. The van der Waals surface area contributed by atoms with E-state index in [0.717, 1.165) is 47.6 Å². The molecule has 1 unspecified atom stereocenters. The summed E-state index contributed by atoms with van der Waals surface area (Å²) >= 11 is 1.62. The number of nitrogens with zero attached hydrogens (tertiary/aromatic N) is 2. The van der Waals surface area contributed by atoms with Crippen molar-refractivity contribution in [2.75, 3.05) is 0 Å². The Labute approximate surface area is 210 Å². The van der Waals surface area contributed by atoms with Crippen LogP contribution in [0.4, 0.5) is 0 Å². The number of amides is 1. The number of hydrogen-bond donors (Lipinski definition) is 2. The highest BCUT2D eigenvalue weighted by Gasteiger charge is 2.32. The van der Waals surface area contributed by atoms with Gasteiger partial charge in [0.05, 0.1) is 22.6 Å². The zero-order valence-electron chi connectivity index (χ0n) is 20.1. The van der Waals surface area contributed by atoms with E-state index in [9.17, 15) is 10.1 Å². The molecule has 0 aliphatic heterocycles. The topological polar surface area (TPSA) is 101 Å². The minimum Gasteiger partial charge on any atom is -0.490 e. The van der Waals surface area contributed by atoms with E-state index in [1.165, 1.54) is 16.7 Å². The van der Waals surface area contributed by atoms with E-state index in [-0.39, 0.29) is 30.0 Å². The average Bonchev–Trinajstić information content (AvgIpc) is 3.59. The number of thiazole rings is 1. The summed E-state index contributed by atoms with van der Waals surface area (Å²) < 4.78 is 5.75. The maximum Gasteiger partial charge on any atom is 0.223 e. The van der Waals surface area contributed by atoms with Gasteiger partial charge in [0.1, 0.15) is 16.8 Å². The van der Waals surface area contributed by atoms with Crippen LogP contribution in [-0.4, -0.2) is 23.0 Å². The molecule has 0 radical (unpaired) electrons. The van der Waals surface area contributed by atoms with Crippen molar-refractivity contribution in [1.29, 1.82) is 5.26 Å². The van der Waals surface area contributed by atoms with E-state index in [4.69, 9.17) is 10.5 Å². The first-order valence-electron chi connectivity index (χ1n) is 12.3. The second-order valence-electron chi connectivity index (χ2n) is 9.76. The predicted molar refractivity (Wildman–Crippen MR) is 138 cm³/mol. The molecule has 7 heteroatoms. The zero-order valence-corrected chi connectivity index (χ0v) is 20.9. The number of nitrogens with two attached hydrogens (primary N) is 1. The summed E-state index contributed by atoms with van der Waals surface area (Å²) in [6.45, 7) is 3.89. The van der Waals surface area contributed by atoms with E-state index in [2.05, 4.69) is 34.6 Å². The number of fused-ring (bicyclic) bond motifs is 1. The summed E-state index contributed by atoms with van der Waals surface area (Å²) in [7, 11) is 0. The van der Waals surface area contributed by atoms with Gasteiger partial charge < -0.3 is 15.8 Å². The summed E-state index contributed by atoms with van der Waals surface area (Å²) in [4.78, 5) is 18.6. The first kappa shape index (κ1) is 23.5. The average molecular weight is 487 g/mol. The van der Waals surface area contributed by atoms with Gasteiger partial charge in [-0.15, -0.1) is 11.3 Å². The number of rotatable bonds is 6. The number of benzene rings is 2. The molecule has 2 aliphatic rings. The van der Waals surface area contributed by atoms with Crippen molar-refractivity contribution in [3.8, 4) is 32.8 Å². The number of nitrogens with one attached hydrogen (secondary N) is 1. The summed E-state index contributed by atoms with van der Waals surface area (Å²) in [5.74, 6) is 0.771. The minimum absolute atomic E-state index is 0.00365. The van der Waals surface area contributed by atoms with Crippen molar-refractivity contribution in [3.05, 3.63) is 59.3 Å². The third-order valence-corrected chi connectivity index (χ3v) is 7.99. The number of carbonyl (C=O) groups is 1. The fourth-order valence-electron chi connectivity index (χ4n) is 5.22. The number of carbonyl (C=O) groups excluding carboxylic acids is 1. The molecule has 1 fully saturated rings. The van der Waals surface area contributed by atoms with Gasteiger partial charge in [0.15, 0.2) is 0 Å². The van der Waals surface area contributed by atoms with Crippen LogP contribution in [-0.2, 0) is 11.2 Å². The van der Waals surface area contributed by atoms with Crippen LogP contribution in [0.3, 0.4) is 0 Å². The molecule has 0 spiro atoms. The first-order valence-corrected chi connectivity index (χ1v) is 13.1. The van der Waals surface area contributed by atoms with Gasteiger partial charge >= 0.3 is 0 Å². The van der Waals surface area contributed by atoms with Crippen LogP contribution in [0.2, 0.25) is 0 Å². The number of nitriles is 1. The molecule has 0 saturated heterocycles. The Morgan fingerprint density at radius 3 is 2.86 bits per heavy atom. The monoisotopic (exact) mass is 486 g/mol. The van der Waals surface area contributed by atoms with Gasteiger partial charge in [-0.25, -0.2) is 4.98 Å². The van der Waals surface area contributed by atoms with Crippen LogP contribution in [0.5, 0.6) is 5.75 Å². The highest BCUT2D eigenvalue weighted by Crippen LogP contribution is 2.41. The highest BCUT2D eigenvalue weighted by molar-refractivity contribution is 7.18. The van der Waals surface area contributed by atoms with Crippen molar-refractivity contribution >= 4 is 17.2 Å². The van der Waals surface area contributed by atoms with E-state index in [1.807, 2.05) is 38.2 Å². The van der Waals surface area contributed by atoms with Crippen molar-refractivity contribution in [2.24, 2.45) is 11.7 Å². The normalized spacial score (nSPS) is 21.1. The van der Waals surface area contributed by atoms with E-state index in [0.29, 0.717) is 11.3 Å². The Morgan fingerprint density at radius 1 is 1.26 bits per heavy atom. The molecule has 6 nitrogen and oxygen atoms in total.